The highest BCUT2D eigenvalue weighted by atomic mass is 16.5. The van der Waals surface area contributed by atoms with E-state index in [0.29, 0.717) is 18.1 Å². The SMILES string of the molecule is COc1ccc2cc(C(=O)CC3CCCCC3)ccc2c1. The number of hydrogen-bond acceptors (Lipinski definition) is 2. The lowest BCUT2D eigenvalue weighted by Gasteiger charge is -2.20. The van der Waals surface area contributed by atoms with Gasteiger partial charge in [-0.05, 0) is 34.9 Å². The lowest BCUT2D eigenvalue weighted by atomic mass is 9.84. The molecule has 3 rings (SSSR count). The number of fused-ring (bicyclic) bond motifs is 1. The van der Waals surface area contributed by atoms with Crippen LogP contribution in [-0.4, -0.2) is 12.9 Å². The molecule has 0 aliphatic heterocycles. The molecule has 0 N–H and O–H groups in total. The molecular weight excluding hydrogens is 260 g/mol. The van der Waals surface area contributed by atoms with Gasteiger partial charge in [0, 0.05) is 12.0 Å². The molecule has 0 amide bonds. The van der Waals surface area contributed by atoms with Gasteiger partial charge >= 0.3 is 0 Å². The number of carbonyl (C=O) groups is 1. The van der Waals surface area contributed by atoms with Crippen LogP contribution in [0.2, 0.25) is 0 Å². The minimum absolute atomic E-state index is 0.291. The van der Waals surface area contributed by atoms with Gasteiger partial charge in [0.25, 0.3) is 0 Å². The summed E-state index contributed by atoms with van der Waals surface area (Å²) >= 11 is 0. The Hall–Kier alpha value is -1.83. The van der Waals surface area contributed by atoms with E-state index in [1.54, 1.807) is 7.11 Å². The Morgan fingerprint density at radius 3 is 2.52 bits per heavy atom. The fourth-order valence-corrected chi connectivity index (χ4v) is 3.30. The van der Waals surface area contributed by atoms with E-state index >= 15 is 0 Å². The number of hydrogen-bond donors (Lipinski definition) is 0. The predicted octanol–water partition coefficient (Wildman–Crippen LogP) is 5.00. The van der Waals surface area contributed by atoms with Gasteiger partial charge in [-0.1, -0.05) is 50.3 Å². The van der Waals surface area contributed by atoms with Crippen LogP contribution >= 0.6 is 0 Å². The quantitative estimate of drug-likeness (QED) is 0.737. The summed E-state index contributed by atoms with van der Waals surface area (Å²) in [6.45, 7) is 0. The van der Waals surface area contributed by atoms with Crippen LogP contribution in [0, 0.1) is 5.92 Å². The summed E-state index contributed by atoms with van der Waals surface area (Å²) in [6, 6.07) is 12.0. The number of ether oxygens (including phenoxy) is 1. The van der Waals surface area contributed by atoms with Gasteiger partial charge in [0.1, 0.15) is 5.75 Å². The van der Waals surface area contributed by atoms with Gasteiger partial charge in [-0.2, -0.15) is 0 Å². The number of methoxy groups -OCH3 is 1. The van der Waals surface area contributed by atoms with Crippen LogP contribution in [0.4, 0.5) is 0 Å². The number of carbonyl (C=O) groups excluding carboxylic acids is 1. The Balaban J connectivity index is 1.78. The van der Waals surface area contributed by atoms with Crippen LogP contribution in [0.3, 0.4) is 0 Å². The molecule has 0 radical (unpaired) electrons. The lowest BCUT2D eigenvalue weighted by Crippen LogP contribution is -2.12. The van der Waals surface area contributed by atoms with E-state index < -0.39 is 0 Å². The van der Waals surface area contributed by atoms with Crippen molar-refractivity contribution in [2.24, 2.45) is 5.92 Å². The second-order valence-corrected chi connectivity index (χ2v) is 6.06. The molecule has 0 aromatic heterocycles. The smallest absolute Gasteiger partial charge is 0.163 e. The van der Waals surface area contributed by atoms with Crippen molar-refractivity contribution >= 4 is 16.6 Å². The van der Waals surface area contributed by atoms with Gasteiger partial charge in [0.05, 0.1) is 7.11 Å². The maximum atomic E-state index is 12.5. The molecule has 1 aliphatic rings. The second-order valence-electron chi connectivity index (χ2n) is 6.06. The summed E-state index contributed by atoms with van der Waals surface area (Å²) in [5.41, 5.74) is 0.846. The van der Waals surface area contributed by atoms with Crippen LogP contribution in [0.25, 0.3) is 10.8 Å². The van der Waals surface area contributed by atoms with E-state index in [1.807, 2.05) is 36.4 Å². The van der Waals surface area contributed by atoms with Crippen LogP contribution in [0.5, 0.6) is 5.75 Å². The van der Waals surface area contributed by atoms with Crippen LogP contribution < -0.4 is 4.74 Å². The molecule has 1 saturated carbocycles. The van der Waals surface area contributed by atoms with Gasteiger partial charge in [-0.25, -0.2) is 0 Å². The van der Waals surface area contributed by atoms with Gasteiger partial charge in [-0.3, -0.25) is 4.79 Å². The Morgan fingerprint density at radius 2 is 1.76 bits per heavy atom. The Morgan fingerprint density at radius 1 is 1.05 bits per heavy atom. The van der Waals surface area contributed by atoms with Crippen molar-refractivity contribution < 1.29 is 9.53 Å². The van der Waals surface area contributed by atoms with E-state index in [2.05, 4.69) is 0 Å². The molecular formula is C19H22O2. The van der Waals surface area contributed by atoms with Crippen molar-refractivity contribution in [1.82, 2.24) is 0 Å². The number of ketones is 1. The average Bonchev–Trinajstić information content (AvgIpc) is 2.54. The van der Waals surface area contributed by atoms with E-state index in [-0.39, 0.29) is 0 Å². The molecule has 110 valence electrons. The Labute approximate surface area is 126 Å². The van der Waals surface area contributed by atoms with Crippen LogP contribution in [0.1, 0.15) is 48.9 Å². The molecule has 0 bridgehead atoms. The maximum absolute atomic E-state index is 12.5. The van der Waals surface area contributed by atoms with Crippen LogP contribution in [-0.2, 0) is 0 Å². The molecule has 0 unspecified atom stereocenters. The fourth-order valence-electron chi connectivity index (χ4n) is 3.30. The third kappa shape index (κ3) is 3.26. The first kappa shape index (κ1) is 14.1. The van der Waals surface area contributed by atoms with Gasteiger partial charge in [0.15, 0.2) is 5.78 Å². The van der Waals surface area contributed by atoms with Crippen molar-refractivity contribution in [2.75, 3.05) is 7.11 Å². The molecule has 2 nitrogen and oxygen atoms in total. The first-order valence-electron chi connectivity index (χ1n) is 7.87. The molecule has 2 heteroatoms. The molecule has 21 heavy (non-hydrogen) atoms. The molecule has 1 fully saturated rings. The summed E-state index contributed by atoms with van der Waals surface area (Å²) in [6.07, 6.45) is 7.06. The standard InChI is InChI=1S/C19H22O2/c1-21-18-10-9-15-12-17(8-7-16(15)13-18)19(20)11-14-5-3-2-4-6-14/h7-10,12-14H,2-6,11H2,1H3. The van der Waals surface area contributed by atoms with E-state index in [9.17, 15) is 4.79 Å². The largest absolute Gasteiger partial charge is 0.497 e. The van der Waals surface area contributed by atoms with Gasteiger partial charge < -0.3 is 4.74 Å². The number of Topliss-reactive ketones (excluding diaryl/α,β-unsaturated/α-hetero) is 1. The zero-order chi connectivity index (χ0) is 14.7. The average molecular weight is 282 g/mol. The minimum atomic E-state index is 0.291. The second kappa shape index (κ2) is 6.30. The molecule has 2 aromatic carbocycles. The number of rotatable bonds is 4. The van der Waals surface area contributed by atoms with Crippen molar-refractivity contribution in [1.29, 1.82) is 0 Å². The number of benzene rings is 2. The molecule has 0 atom stereocenters. The van der Waals surface area contributed by atoms with Crippen molar-refractivity contribution in [3.63, 3.8) is 0 Å². The molecule has 0 heterocycles. The van der Waals surface area contributed by atoms with Crippen molar-refractivity contribution in [3.05, 3.63) is 42.0 Å². The molecule has 2 aromatic rings. The molecule has 0 saturated heterocycles. The monoisotopic (exact) mass is 282 g/mol. The molecule has 0 spiro atoms. The van der Waals surface area contributed by atoms with E-state index in [1.165, 1.54) is 32.1 Å². The highest BCUT2D eigenvalue weighted by Crippen LogP contribution is 2.28. The first-order valence-corrected chi connectivity index (χ1v) is 7.87. The van der Waals surface area contributed by atoms with Crippen LogP contribution in [0.15, 0.2) is 36.4 Å². The Bertz CT molecular complexity index is 639. The summed E-state index contributed by atoms with van der Waals surface area (Å²) in [4.78, 5) is 12.5. The zero-order valence-corrected chi connectivity index (χ0v) is 12.6. The first-order chi connectivity index (χ1) is 10.3. The maximum Gasteiger partial charge on any atom is 0.163 e. The van der Waals surface area contributed by atoms with Crippen molar-refractivity contribution in [2.45, 2.75) is 38.5 Å². The van der Waals surface area contributed by atoms with E-state index in [4.69, 9.17) is 4.74 Å². The summed E-state index contributed by atoms with van der Waals surface area (Å²) in [7, 11) is 1.67. The summed E-state index contributed by atoms with van der Waals surface area (Å²) in [5, 5.41) is 2.22. The van der Waals surface area contributed by atoms with E-state index in [0.717, 1.165) is 22.1 Å². The third-order valence-corrected chi connectivity index (χ3v) is 4.57. The van der Waals surface area contributed by atoms with Gasteiger partial charge in [0.2, 0.25) is 0 Å². The molecule has 1 aliphatic carbocycles. The van der Waals surface area contributed by atoms with Gasteiger partial charge in [-0.15, -0.1) is 0 Å². The summed E-state index contributed by atoms with van der Waals surface area (Å²) < 4.78 is 5.23. The minimum Gasteiger partial charge on any atom is -0.497 e. The predicted molar refractivity (Wildman–Crippen MR) is 86.0 cm³/mol. The fraction of sp³-hybridized carbons (Fsp3) is 0.421. The highest BCUT2D eigenvalue weighted by molar-refractivity contribution is 6.00. The lowest BCUT2D eigenvalue weighted by molar-refractivity contribution is 0.0950. The topological polar surface area (TPSA) is 26.3 Å². The van der Waals surface area contributed by atoms with Crippen molar-refractivity contribution in [3.8, 4) is 5.75 Å². The highest BCUT2D eigenvalue weighted by Gasteiger charge is 2.18. The Kier molecular flexibility index (Phi) is 4.23. The normalized spacial score (nSPS) is 16.0. The third-order valence-electron chi connectivity index (χ3n) is 4.57. The zero-order valence-electron chi connectivity index (χ0n) is 12.6. The summed E-state index contributed by atoms with van der Waals surface area (Å²) in [5.74, 6) is 1.74.